The first kappa shape index (κ1) is 18.4. The van der Waals surface area contributed by atoms with Crippen LogP contribution in [0.2, 0.25) is 0 Å². The van der Waals surface area contributed by atoms with Crippen molar-refractivity contribution in [3.05, 3.63) is 42.4 Å². The van der Waals surface area contributed by atoms with Gasteiger partial charge in [0, 0.05) is 25.1 Å². The van der Waals surface area contributed by atoms with E-state index < -0.39 is 17.7 Å². The Kier molecular flexibility index (Phi) is 5.74. The molecule has 8 nitrogen and oxygen atoms in total. The quantitative estimate of drug-likeness (QED) is 0.861. The summed E-state index contributed by atoms with van der Waals surface area (Å²) in [4.78, 5) is 28.0. The molecule has 0 unspecified atom stereocenters. The Morgan fingerprint density at radius 3 is 2.64 bits per heavy atom. The zero-order chi connectivity index (χ0) is 18.4. The first-order valence-corrected chi connectivity index (χ1v) is 7.97. The largest absolute Gasteiger partial charge is 0.444 e. The number of aromatic nitrogens is 3. The summed E-state index contributed by atoms with van der Waals surface area (Å²) in [6, 6.07) is 4.79. The standard InChI is InChI=1S/C17H23N5O3/c1-12(21-16(24)25-17(2,3)4)15(23)19-11-13-6-7-14(18-10-13)22-9-5-8-20-22/h5-10,12H,11H2,1-4H3,(H,19,23)(H,21,24)/t12-/m1/s1. The van der Waals surface area contributed by atoms with E-state index in [1.54, 1.807) is 51.0 Å². The summed E-state index contributed by atoms with van der Waals surface area (Å²) in [7, 11) is 0. The molecule has 2 amide bonds. The first-order chi connectivity index (χ1) is 11.7. The Balaban J connectivity index is 1.82. The fraction of sp³-hybridized carbons (Fsp3) is 0.412. The predicted molar refractivity (Wildman–Crippen MR) is 92.0 cm³/mol. The van der Waals surface area contributed by atoms with Gasteiger partial charge in [-0.2, -0.15) is 5.10 Å². The number of pyridine rings is 1. The topological polar surface area (TPSA) is 98.1 Å². The van der Waals surface area contributed by atoms with Crippen molar-refractivity contribution in [2.24, 2.45) is 0 Å². The highest BCUT2D eigenvalue weighted by molar-refractivity contribution is 5.85. The predicted octanol–water partition coefficient (Wildman–Crippen LogP) is 1.80. The van der Waals surface area contributed by atoms with E-state index in [4.69, 9.17) is 4.74 Å². The normalized spacial score (nSPS) is 12.3. The fourth-order valence-corrected chi connectivity index (χ4v) is 1.95. The molecule has 0 spiro atoms. The van der Waals surface area contributed by atoms with Gasteiger partial charge in [0.05, 0.1) is 0 Å². The number of hydrogen-bond acceptors (Lipinski definition) is 5. The van der Waals surface area contributed by atoms with Crippen molar-refractivity contribution >= 4 is 12.0 Å². The number of hydrogen-bond donors (Lipinski definition) is 2. The van der Waals surface area contributed by atoms with Crippen molar-refractivity contribution in [3.8, 4) is 5.82 Å². The average Bonchev–Trinajstić information content (AvgIpc) is 3.05. The lowest BCUT2D eigenvalue weighted by Gasteiger charge is -2.21. The lowest BCUT2D eigenvalue weighted by molar-refractivity contribution is -0.122. The van der Waals surface area contributed by atoms with Crippen LogP contribution < -0.4 is 10.6 Å². The summed E-state index contributed by atoms with van der Waals surface area (Å²) in [5.74, 6) is 0.391. The summed E-state index contributed by atoms with van der Waals surface area (Å²) in [5.41, 5.74) is 0.233. The number of carbonyl (C=O) groups excluding carboxylic acids is 2. The van der Waals surface area contributed by atoms with Gasteiger partial charge in [-0.3, -0.25) is 4.79 Å². The van der Waals surface area contributed by atoms with E-state index in [2.05, 4.69) is 20.7 Å². The van der Waals surface area contributed by atoms with Crippen LogP contribution in [0.25, 0.3) is 5.82 Å². The third kappa shape index (κ3) is 5.91. The smallest absolute Gasteiger partial charge is 0.408 e. The molecular weight excluding hydrogens is 322 g/mol. The van der Waals surface area contributed by atoms with E-state index in [9.17, 15) is 9.59 Å². The molecule has 134 valence electrons. The number of rotatable bonds is 5. The van der Waals surface area contributed by atoms with Crippen LogP contribution in [0.5, 0.6) is 0 Å². The van der Waals surface area contributed by atoms with E-state index in [-0.39, 0.29) is 5.91 Å². The lowest BCUT2D eigenvalue weighted by atomic mass is 10.2. The minimum Gasteiger partial charge on any atom is -0.444 e. The molecule has 0 aliphatic carbocycles. The third-order valence-electron chi connectivity index (χ3n) is 3.14. The maximum Gasteiger partial charge on any atom is 0.408 e. The Morgan fingerprint density at radius 2 is 2.08 bits per heavy atom. The molecule has 0 saturated carbocycles. The number of alkyl carbamates (subject to hydrolysis) is 1. The molecule has 1 atom stereocenters. The van der Waals surface area contributed by atoms with Crippen molar-refractivity contribution < 1.29 is 14.3 Å². The van der Waals surface area contributed by atoms with Crippen LogP contribution in [-0.4, -0.2) is 38.4 Å². The molecule has 8 heteroatoms. The highest BCUT2D eigenvalue weighted by atomic mass is 16.6. The maximum absolute atomic E-state index is 12.1. The van der Waals surface area contributed by atoms with Gasteiger partial charge in [-0.1, -0.05) is 6.07 Å². The van der Waals surface area contributed by atoms with Crippen LogP contribution in [0, 0.1) is 0 Å². The highest BCUT2D eigenvalue weighted by Gasteiger charge is 2.20. The SMILES string of the molecule is C[C@@H](NC(=O)OC(C)(C)C)C(=O)NCc1ccc(-n2cccn2)nc1. The van der Waals surface area contributed by atoms with E-state index in [1.807, 2.05) is 18.2 Å². The summed E-state index contributed by atoms with van der Waals surface area (Å²) in [6.07, 6.45) is 4.52. The molecule has 0 radical (unpaired) electrons. The Hall–Kier alpha value is -2.90. The number of nitrogens with zero attached hydrogens (tertiary/aromatic N) is 3. The van der Waals surface area contributed by atoms with Gasteiger partial charge in [0.1, 0.15) is 11.6 Å². The zero-order valence-electron chi connectivity index (χ0n) is 14.8. The van der Waals surface area contributed by atoms with Gasteiger partial charge in [0.25, 0.3) is 0 Å². The van der Waals surface area contributed by atoms with Gasteiger partial charge < -0.3 is 15.4 Å². The van der Waals surface area contributed by atoms with E-state index in [1.165, 1.54) is 0 Å². The number of carbonyl (C=O) groups is 2. The number of amides is 2. The van der Waals surface area contributed by atoms with Crippen molar-refractivity contribution in [3.63, 3.8) is 0 Å². The summed E-state index contributed by atoms with van der Waals surface area (Å²) in [6.45, 7) is 7.19. The fourth-order valence-electron chi connectivity index (χ4n) is 1.95. The van der Waals surface area contributed by atoms with Crippen molar-refractivity contribution in [1.29, 1.82) is 0 Å². The molecule has 2 heterocycles. The molecule has 25 heavy (non-hydrogen) atoms. The lowest BCUT2D eigenvalue weighted by Crippen LogP contribution is -2.46. The van der Waals surface area contributed by atoms with Crippen LogP contribution in [0.4, 0.5) is 4.79 Å². The number of ether oxygens (including phenoxy) is 1. The minimum atomic E-state index is -0.703. The van der Waals surface area contributed by atoms with E-state index in [0.29, 0.717) is 12.4 Å². The van der Waals surface area contributed by atoms with Crippen molar-refractivity contribution in [2.75, 3.05) is 0 Å². The molecule has 0 aliphatic rings. The second kappa shape index (κ2) is 7.78. The molecule has 0 fully saturated rings. The zero-order valence-corrected chi connectivity index (χ0v) is 14.8. The van der Waals surface area contributed by atoms with Gasteiger partial charge in [0.15, 0.2) is 5.82 Å². The molecule has 2 N–H and O–H groups in total. The average molecular weight is 345 g/mol. The Bertz CT molecular complexity index is 705. The van der Waals surface area contributed by atoms with Crippen LogP contribution in [-0.2, 0) is 16.1 Å². The third-order valence-corrected chi connectivity index (χ3v) is 3.14. The number of nitrogens with one attached hydrogen (secondary N) is 2. The minimum absolute atomic E-state index is 0.304. The van der Waals surface area contributed by atoms with Gasteiger partial charge in [-0.15, -0.1) is 0 Å². The molecule has 0 aromatic carbocycles. The molecule has 2 aromatic heterocycles. The summed E-state index contributed by atoms with van der Waals surface area (Å²) in [5, 5.41) is 9.35. The van der Waals surface area contributed by atoms with Gasteiger partial charge >= 0.3 is 6.09 Å². The molecule has 2 rings (SSSR count). The van der Waals surface area contributed by atoms with Crippen LogP contribution in [0.15, 0.2) is 36.8 Å². The summed E-state index contributed by atoms with van der Waals surface area (Å²) < 4.78 is 6.77. The van der Waals surface area contributed by atoms with E-state index >= 15 is 0 Å². The second-order valence-corrected chi connectivity index (χ2v) is 6.56. The van der Waals surface area contributed by atoms with Crippen LogP contribution in [0.3, 0.4) is 0 Å². The van der Waals surface area contributed by atoms with Crippen molar-refractivity contribution in [2.45, 2.75) is 45.9 Å². The van der Waals surface area contributed by atoms with Gasteiger partial charge in [0.2, 0.25) is 5.91 Å². The molecule has 0 bridgehead atoms. The molecule has 0 aliphatic heterocycles. The maximum atomic E-state index is 12.1. The highest BCUT2D eigenvalue weighted by Crippen LogP contribution is 2.07. The Labute approximate surface area is 146 Å². The molecular formula is C17H23N5O3. The first-order valence-electron chi connectivity index (χ1n) is 7.97. The van der Waals surface area contributed by atoms with Crippen molar-refractivity contribution in [1.82, 2.24) is 25.4 Å². The molecule has 0 saturated heterocycles. The van der Waals surface area contributed by atoms with Gasteiger partial charge in [-0.05, 0) is 45.4 Å². The van der Waals surface area contributed by atoms with Gasteiger partial charge in [-0.25, -0.2) is 14.5 Å². The van der Waals surface area contributed by atoms with Crippen LogP contribution in [0.1, 0.15) is 33.3 Å². The molecule has 2 aromatic rings. The Morgan fingerprint density at radius 1 is 1.32 bits per heavy atom. The summed E-state index contributed by atoms with van der Waals surface area (Å²) >= 11 is 0. The van der Waals surface area contributed by atoms with E-state index in [0.717, 1.165) is 5.56 Å². The second-order valence-electron chi connectivity index (χ2n) is 6.56. The monoisotopic (exact) mass is 345 g/mol. The van der Waals surface area contributed by atoms with Crippen LogP contribution >= 0.6 is 0 Å².